The maximum atomic E-state index is 10.8. The smallest absolute Gasteiger partial charge is 0.229 e. The van der Waals surface area contributed by atoms with E-state index in [1.54, 1.807) is 12.3 Å². The zero-order chi connectivity index (χ0) is 20.2. The Kier molecular flexibility index (Phi) is 5.67. The molecule has 0 aliphatic carbocycles. The van der Waals surface area contributed by atoms with Crippen molar-refractivity contribution in [3.8, 4) is 0 Å². The number of aromatic nitrogens is 4. The van der Waals surface area contributed by atoms with Crippen molar-refractivity contribution < 1.29 is 8.76 Å². The van der Waals surface area contributed by atoms with Crippen LogP contribution in [0, 0.1) is 0 Å². The highest BCUT2D eigenvalue weighted by molar-refractivity contribution is 7.77. The van der Waals surface area contributed by atoms with Crippen molar-refractivity contribution in [2.45, 2.75) is 6.54 Å². The number of benzene rings is 2. The van der Waals surface area contributed by atoms with Crippen molar-refractivity contribution in [2.75, 3.05) is 10.6 Å². The molecule has 4 rings (SSSR count). The van der Waals surface area contributed by atoms with Crippen LogP contribution in [0.4, 0.5) is 23.1 Å². The van der Waals surface area contributed by atoms with Crippen LogP contribution in [0.5, 0.6) is 0 Å². The van der Waals surface area contributed by atoms with Crippen molar-refractivity contribution in [3.63, 3.8) is 0 Å². The number of hydrogen-bond acceptors (Lipinski definition) is 7. The molecule has 0 saturated heterocycles. The summed E-state index contributed by atoms with van der Waals surface area (Å²) in [4.78, 5) is 8.65. The first-order valence-corrected chi connectivity index (χ1v) is 9.94. The number of anilines is 4. The molecule has 4 aromatic rings. The largest absolute Gasteiger partial charge is 0.760 e. The number of fused-ring (bicyclic) bond motifs is 1. The van der Waals surface area contributed by atoms with Crippen molar-refractivity contribution >= 4 is 56.9 Å². The molecule has 0 saturated carbocycles. The van der Waals surface area contributed by atoms with E-state index in [2.05, 4.69) is 35.5 Å². The van der Waals surface area contributed by atoms with Gasteiger partial charge in [0.05, 0.1) is 17.9 Å². The Hall–Kier alpha value is -3.05. The lowest BCUT2D eigenvalue weighted by Gasteiger charge is -2.14. The molecule has 0 aliphatic heterocycles. The molecule has 0 aliphatic rings. The highest BCUT2D eigenvalue weighted by Crippen LogP contribution is 2.27. The van der Waals surface area contributed by atoms with Crippen LogP contribution in [-0.2, 0) is 17.8 Å². The van der Waals surface area contributed by atoms with Gasteiger partial charge in [0.1, 0.15) is 5.02 Å². The van der Waals surface area contributed by atoms with Crippen LogP contribution in [-0.4, -0.2) is 28.9 Å². The van der Waals surface area contributed by atoms with Gasteiger partial charge in [0.25, 0.3) is 0 Å². The third kappa shape index (κ3) is 4.69. The summed E-state index contributed by atoms with van der Waals surface area (Å²) >= 11 is 3.90. The zero-order valence-corrected chi connectivity index (χ0v) is 16.4. The molecule has 0 spiro atoms. The van der Waals surface area contributed by atoms with Crippen molar-refractivity contribution in [3.05, 3.63) is 65.4 Å². The van der Waals surface area contributed by atoms with Gasteiger partial charge in [0.15, 0.2) is 5.82 Å². The standard InChI is InChI=1S/C18H16ClN7O2S/c19-14-10-20-18(23-13-5-6-16-12(7-13)8-21-26-16)25-17(14)24-15-4-2-1-3-11(15)9-22-29(27)28/h1-8,10,22H,9H2,(H,21,26)(H,27,28)(H2,20,23,24,25)/p-1. The van der Waals surface area contributed by atoms with E-state index < -0.39 is 11.3 Å². The lowest BCUT2D eigenvalue weighted by Crippen LogP contribution is -2.16. The van der Waals surface area contributed by atoms with Crippen molar-refractivity contribution in [1.82, 2.24) is 24.9 Å². The van der Waals surface area contributed by atoms with Crippen LogP contribution in [0.2, 0.25) is 5.02 Å². The van der Waals surface area contributed by atoms with E-state index in [1.807, 2.05) is 36.4 Å². The van der Waals surface area contributed by atoms with Crippen LogP contribution < -0.4 is 15.4 Å². The molecule has 2 heterocycles. The van der Waals surface area contributed by atoms with Crippen LogP contribution >= 0.6 is 11.6 Å². The molecule has 1 atom stereocenters. The fourth-order valence-electron chi connectivity index (χ4n) is 2.73. The summed E-state index contributed by atoms with van der Waals surface area (Å²) in [6.45, 7) is 0.137. The molecule has 0 fully saturated rings. The Bertz CT molecular complexity index is 1180. The number of rotatable bonds is 7. The highest BCUT2D eigenvalue weighted by Gasteiger charge is 2.09. The Balaban J connectivity index is 1.56. The molecular weight excluding hydrogens is 414 g/mol. The van der Waals surface area contributed by atoms with E-state index in [-0.39, 0.29) is 6.54 Å². The topological polar surface area (TPSA) is 131 Å². The lowest BCUT2D eigenvalue weighted by atomic mass is 10.2. The molecule has 0 amide bonds. The molecule has 2 aromatic heterocycles. The summed E-state index contributed by atoms with van der Waals surface area (Å²) in [6.07, 6.45) is 3.22. The van der Waals surface area contributed by atoms with E-state index in [1.165, 1.54) is 6.20 Å². The Morgan fingerprint density at radius 2 is 2.00 bits per heavy atom. The predicted molar refractivity (Wildman–Crippen MR) is 112 cm³/mol. The molecule has 2 aromatic carbocycles. The number of hydrogen-bond donors (Lipinski definition) is 4. The Labute approximate surface area is 173 Å². The SMILES string of the molecule is O=S([O-])NCc1ccccc1Nc1nc(Nc2ccc3[nH]ncc3c2)ncc1Cl. The van der Waals surface area contributed by atoms with Crippen molar-refractivity contribution in [1.29, 1.82) is 0 Å². The average Bonchev–Trinajstić information content (AvgIpc) is 3.17. The minimum absolute atomic E-state index is 0.137. The van der Waals surface area contributed by atoms with E-state index in [4.69, 9.17) is 11.6 Å². The number of aromatic amines is 1. The molecule has 0 bridgehead atoms. The van der Waals surface area contributed by atoms with E-state index >= 15 is 0 Å². The minimum Gasteiger partial charge on any atom is -0.760 e. The summed E-state index contributed by atoms with van der Waals surface area (Å²) in [5.41, 5.74) is 3.15. The minimum atomic E-state index is -2.35. The Morgan fingerprint density at radius 3 is 2.86 bits per heavy atom. The number of halogens is 1. The van der Waals surface area contributed by atoms with Gasteiger partial charge in [0.2, 0.25) is 5.95 Å². The van der Waals surface area contributed by atoms with Gasteiger partial charge in [-0.2, -0.15) is 10.1 Å². The first-order chi connectivity index (χ1) is 14.1. The first kappa shape index (κ1) is 19.3. The molecule has 1 unspecified atom stereocenters. The molecule has 0 radical (unpaired) electrons. The molecule has 29 heavy (non-hydrogen) atoms. The second-order valence-electron chi connectivity index (χ2n) is 6.03. The molecular formula is C18H15ClN7O2S-. The third-order valence-corrected chi connectivity index (χ3v) is 4.75. The van der Waals surface area contributed by atoms with Crippen LogP contribution in [0.3, 0.4) is 0 Å². The third-order valence-electron chi connectivity index (χ3n) is 4.09. The van der Waals surface area contributed by atoms with Gasteiger partial charge in [-0.25, -0.2) is 9.71 Å². The van der Waals surface area contributed by atoms with Crippen molar-refractivity contribution in [2.24, 2.45) is 0 Å². The van der Waals surface area contributed by atoms with Gasteiger partial charge in [-0.05, 0) is 29.8 Å². The molecule has 11 heteroatoms. The Morgan fingerprint density at radius 1 is 1.14 bits per heavy atom. The van der Waals surface area contributed by atoms with E-state index in [0.717, 1.165) is 22.2 Å². The number of nitrogens with one attached hydrogen (secondary N) is 4. The lowest BCUT2D eigenvalue weighted by molar-refractivity contribution is 0.522. The van der Waals surface area contributed by atoms with E-state index in [9.17, 15) is 8.76 Å². The van der Waals surface area contributed by atoms with E-state index in [0.29, 0.717) is 22.5 Å². The summed E-state index contributed by atoms with van der Waals surface area (Å²) in [6, 6.07) is 13.0. The molecule has 9 nitrogen and oxygen atoms in total. The molecule has 148 valence electrons. The zero-order valence-electron chi connectivity index (χ0n) is 14.8. The van der Waals surface area contributed by atoms with Gasteiger partial charge < -0.3 is 15.2 Å². The summed E-state index contributed by atoms with van der Waals surface area (Å²) in [5.74, 6) is 0.750. The number of H-pyrrole nitrogens is 1. The number of para-hydroxylation sites is 1. The number of nitrogens with zero attached hydrogens (tertiary/aromatic N) is 3. The monoisotopic (exact) mass is 428 g/mol. The van der Waals surface area contributed by atoms with Gasteiger partial charge in [-0.15, -0.1) is 0 Å². The highest BCUT2D eigenvalue weighted by atomic mass is 35.5. The van der Waals surface area contributed by atoms with Crippen LogP contribution in [0.25, 0.3) is 10.9 Å². The maximum Gasteiger partial charge on any atom is 0.229 e. The van der Waals surface area contributed by atoms with Gasteiger partial charge >= 0.3 is 0 Å². The summed E-state index contributed by atoms with van der Waals surface area (Å²) in [5, 5.41) is 14.5. The van der Waals surface area contributed by atoms with Crippen LogP contribution in [0.15, 0.2) is 54.9 Å². The fraction of sp³-hybridized carbons (Fsp3) is 0.0556. The second-order valence-corrected chi connectivity index (χ2v) is 7.19. The van der Waals surface area contributed by atoms with Gasteiger partial charge in [-0.1, -0.05) is 29.8 Å². The summed E-state index contributed by atoms with van der Waals surface area (Å²) < 4.78 is 23.9. The maximum absolute atomic E-state index is 10.8. The van der Waals surface area contributed by atoms with Gasteiger partial charge in [-0.3, -0.25) is 9.31 Å². The predicted octanol–water partition coefficient (Wildman–Crippen LogP) is 3.38. The molecule has 4 N–H and O–H groups in total. The second kappa shape index (κ2) is 8.53. The average molecular weight is 429 g/mol. The summed E-state index contributed by atoms with van der Waals surface area (Å²) in [7, 11) is 0. The van der Waals surface area contributed by atoms with Gasteiger partial charge in [0, 0.05) is 34.6 Å². The normalized spacial score (nSPS) is 12.1. The first-order valence-electron chi connectivity index (χ1n) is 8.49. The quantitative estimate of drug-likeness (QED) is 0.332. The van der Waals surface area contributed by atoms with Crippen LogP contribution in [0.1, 0.15) is 5.56 Å². The fourth-order valence-corrected chi connectivity index (χ4v) is 3.14.